The van der Waals surface area contributed by atoms with Gasteiger partial charge in [0.05, 0.1) is 29.8 Å². The van der Waals surface area contributed by atoms with Crippen LogP contribution in [0.5, 0.6) is 0 Å². The smallest absolute Gasteiger partial charge is 0.311 e. The quantitative estimate of drug-likeness (QED) is 0.773. The first-order chi connectivity index (χ1) is 12.8. The Hall–Kier alpha value is -2.70. The van der Waals surface area contributed by atoms with E-state index in [9.17, 15) is 14.0 Å². The summed E-state index contributed by atoms with van der Waals surface area (Å²) in [7, 11) is 1.77. The molecule has 1 fully saturated rings. The minimum atomic E-state index is -0.496. The van der Waals surface area contributed by atoms with Crippen LogP contribution in [-0.4, -0.2) is 39.2 Å². The maximum atomic E-state index is 13.4. The minimum absolute atomic E-state index is 0.185. The molecule has 0 aliphatic carbocycles. The lowest BCUT2D eigenvalue weighted by atomic mass is 9.93. The number of carbonyl (C=O) groups excluding carboxylic acids is 2. The highest BCUT2D eigenvalue weighted by atomic mass is 19.1. The van der Waals surface area contributed by atoms with Crippen LogP contribution in [0.4, 0.5) is 4.39 Å². The number of nitrogens with zero attached hydrogens (tertiary/aromatic N) is 3. The first kappa shape index (κ1) is 19.1. The van der Waals surface area contributed by atoms with Crippen LogP contribution in [-0.2, 0) is 16.6 Å². The van der Waals surface area contributed by atoms with Crippen molar-refractivity contribution in [2.24, 2.45) is 13.0 Å². The maximum Gasteiger partial charge on any atom is 0.311 e. The molecule has 2 heterocycles. The fourth-order valence-corrected chi connectivity index (χ4v) is 3.52. The van der Waals surface area contributed by atoms with Crippen molar-refractivity contribution in [3.05, 3.63) is 53.1 Å². The summed E-state index contributed by atoms with van der Waals surface area (Å²) in [6.07, 6.45) is 1.80. The molecule has 1 aliphatic heterocycles. The average molecular weight is 373 g/mol. The summed E-state index contributed by atoms with van der Waals surface area (Å²) in [5.74, 6) is -1.37. The predicted octanol–water partition coefficient (Wildman–Crippen LogP) is 3.02. The molecule has 1 saturated heterocycles. The number of aryl methyl sites for hydroxylation is 1. The third-order valence-electron chi connectivity index (χ3n) is 4.99. The van der Waals surface area contributed by atoms with Gasteiger partial charge in [-0.2, -0.15) is 5.10 Å². The Morgan fingerprint density at radius 1 is 1.26 bits per heavy atom. The first-order valence-electron chi connectivity index (χ1n) is 9.05. The molecule has 7 heteroatoms. The van der Waals surface area contributed by atoms with Crippen molar-refractivity contribution >= 4 is 11.9 Å². The highest BCUT2D eigenvalue weighted by Crippen LogP contribution is 2.39. The lowest BCUT2D eigenvalue weighted by Crippen LogP contribution is -2.34. The lowest BCUT2D eigenvalue weighted by molar-refractivity contribution is -0.153. The summed E-state index contributed by atoms with van der Waals surface area (Å²) < 4.78 is 20.4. The SMILES string of the molecule is Cc1c(C(=O)N2CC[C@@H](C(=O)OC(C)C)[C@H]2c2ccc(F)cc2)cnn1C. The second kappa shape index (κ2) is 7.50. The van der Waals surface area contributed by atoms with E-state index in [1.165, 1.54) is 12.1 Å². The molecule has 0 unspecified atom stereocenters. The van der Waals surface area contributed by atoms with Crippen LogP contribution in [0.1, 0.15) is 47.9 Å². The van der Waals surface area contributed by atoms with E-state index in [0.717, 1.165) is 11.3 Å². The number of rotatable bonds is 4. The third kappa shape index (κ3) is 3.72. The summed E-state index contributed by atoms with van der Waals surface area (Å²) in [5, 5.41) is 4.14. The normalized spacial score (nSPS) is 19.6. The number of hydrogen-bond donors (Lipinski definition) is 0. The van der Waals surface area contributed by atoms with Gasteiger partial charge in [-0.15, -0.1) is 0 Å². The number of carbonyl (C=O) groups is 2. The van der Waals surface area contributed by atoms with Gasteiger partial charge >= 0.3 is 5.97 Å². The standard InChI is InChI=1S/C20H24FN3O3/c1-12(2)27-20(26)16-9-10-24(18(16)14-5-7-15(21)8-6-14)19(25)17-11-22-23(4)13(17)3/h5-8,11-12,16,18H,9-10H2,1-4H3/t16-,18-/m1/s1. The molecule has 1 aromatic heterocycles. The van der Waals surface area contributed by atoms with Gasteiger partial charge in [-0.1, -0.05) is 12.1 Å². The van der Waals surface area contributed by atoms with Crippen molar-refractivity contribution in [3.63, 3.8) is 0 Å². The molecular weight excluding hydrogens is 349 g/mol. The molecule has 2 atom stereocenters. The van der Waals surface area contributed by atoms with E-state index in [1.54, 1.807) is 48.8 Å². The van der Waals surface area contributed by atoms with Crippen LogP contribution in [0.3, 0.4) is 0 Å². The lowest BCUT2D eigenvalue weighted by Gasteiger charge is -2.28. The van der Waals surface area contributed by atoms with Gasteiger partial charge in [0.2, 0.25) is 0 Å². The van der Waals surface area contributed by atoms with Crippen molar-refractivity contribution in [1.82, 2.24) is 14.7 Å². The Labute approximate surface area is 157 Å². The molecular formula is C20H24FN3O3. The van der Waals surface area contributed by atoms with Crippen LogP contribution in [0.25, 0.3) is 0 Å². The molecule has 0 bridgehead atoms. The monoisotopic (exact) mass is 373 g/mol. The molecule has 1 amide bonds. The minimum Gasteiger partial charge on any atom is -0.463 e. The second-order valence-corrected chi connectivity index (χ2v) is 7.14. The van der Waals surface area contributed by atoms with E-state index >= 15 is 0 Å². The highest BCUT2D eigenvalue weighted by molar-refractivity contribution is 5.96. The summed E-state index contributed by atoms with van der Waals surface area (Å²) in [6, 6.07) is 5.44. The van der Waals surface area contributed by atoms with E-state index in [1.807, 2.05) is 6.92 Å². The van der Waals surface area contributed by atoms with Crippen molar-refractivity contribution in [3.8, 4) is 0 Å². The Morgan fingerprint density at radius 2 is 1.93 bits per heavy atom. The molecule has 1 aromatic carbocycles. The van der Waals surface area contributed by atoms with E-state index in [0.29, 0.717) is 18.5 Å². The molecule has 0 spiro atoms. The third-order valence-corrected chi connectivity index (χ3v) is 4.99. The average Bonchev–Trinajstić information content (AvgIpc) is 3.19. The number of esters is 1. The first-order valence-corrected chi connectivity index (χ1v) is 9.05. The van der Waals surface area contributed by atoms with Gasteiger partial charge in [-0.3, -0.25) is 14.3 Å². The zero-order chi connectivity index (χ0) is 19.7. The van der Waals surface area contributed by atoms with Gasteiger partial charge in [0, 0.05) is 19.3 Å². The summed E-state index contributed by atoms with van der Waals surface area (Å²) >= 11 is 0. The molecule has 0 saturated carbocycles. The predicted molar refractivity (Wildman–Crippen MR) is 97.5 cm³/mol. The molecule has 27 heavy (non-hydrogen) atoms. The molecule has 2 aromatic rings. The Bertz CT molecular complexity index is 845. The Balaban J connectivity index is 1.97. The summed E-state index contributed by atoms with van der Waals surface area (Å²) in [6.45, 7) is 5.84. The van der Waals surface area contributed by atoms with Gasteiger partial charge in [-0.25, -0.2) is 4.39 Å². The van der Waals surface area contributed by atoms with Gasteiger partial charge in [0.1, 0.15) is 5.82 Å². The van der Waals surface area contributed by atoms with Crippen molar-refractivity contribution in [1.29, 1.82) is 0 Å². The molecule has 1 aliphatic rings. The molecule has 144 valence electrons. The van der Waals surface area contributed by atoms with Crippen LogP contribution in [0, 0.1) is 18.7 Å². The zero-order valence-corrected chi connectivity index (χ0v) is 16.0. The van der Waals surface area contributed by atoms with E-state index in [4.69, 9.17) is 4.74 Å². The zero-order valence-electron chi connectivity index (χ0n) is 16.0. The molecule has 6 nitrogen and oxygen atoms in total. The number of aromatic nitrogens is 2. The van der Waals surface area contributed by atoms with Crippen LogP contribution < -0.4 is 0 Å². The van der Waals surface area contributed by atoms with E-state index < -0.39 is 12.0 Å². The number of likely N-dealkylation sites (tertiary alicyclic amines) is 1. The van der Waals surface area contributed by atoms with Crippen molar-refractivity contribution < 1.29 is 18.7 Å². The summed E-state index contributed by atoms with van der Waals surface area (Å²) in [5.41, 5.74) is 1.98. The van der Waals surface area contributed by atoms with Crippen LogP contribution in [0.15, 0.2) is 30.5 Å². The number of ether oxygens (including phenoxy) is 1. The largest absolute Gasteiger partial charge is 0.463 e. The van der Waals surface area contributed by atoms with Crippen LogP contribution in [0.2, 0.25) is 0 Å². The Morgan fingerprint density at radius 3 is 2.48 bits per heavy atom. The number of amides is 1. The van der Waals surface area contributed by atoms with Gasteiger partial charge in [0.15, 0.2) is 0 Å². The molecule has 3 rings (SSSR count). The fraction of sp³-hybridized carbons (Fsp3) is 0.450. The summed E-state index contributed by atoms with van der Waals surface area (Å²) in [4.78, 5) is 27.5. The second-order valence-electron chi connectivity index (χ2n) is 7.14. The topological polar surface area (TPSA) is 64.4 Å². The number of hydrogen-bond acceptors (Lipinski definition) is 4. The highest BCUT2D eigenvalue weighted by Gasteiger charge is 2.43. The molecule has 0 N–H and O–H groups in total. The maximum absolute atomic E-state index is 13.4. The van der Waals surface area contributed by atoms with Gasteiger partial charge in [-0.05, 0) is 44.9 Å². The van der Waals surface area contributed by atoms with Crippen LogP contribution >= 0.6 is 0 Å². The van der Waals surface area contributed by atoms with Gasteiger partial charge in [0.25, 0.3) is 5.91 Å². The number of benzene rings is 1. The van der Waals surface area contributed by atoms with Gasteiger partial charge < -0.3 is 9.64 Å². The van der Waals surface area contributed by atoms with Crippen molar-refractivity contribution in [2.45, 2.75) is 39.3 Å². The number of halogens is 1. The van der Waals surface area contributed by atoms with Crippen molar-refractivity contribution in [2.75, 3.05) is 6.54 Å². The Kier molecular flexibility index (Phi) is 5.30. The molecule has 0 radical (unpaired) electrons. The van der Waals surface area contributed by atoms with E-state index in [2.05, 4.69) is 5.10 Å². The fourth-order valence-electron chi connectivity index (χ4n) is 3.52. The van der Waals surface area contributed by atoms with E-state index in [-0.39, 0.29) is 23.8 Å².